The van der Waals surface area contributed by atoms with Gasteiger partial charge in [0, 0.05) is 23.7 Å². The second-order valence-electron chi connectivity index (χ2n) is 6.29. The van der Waals surface area contributed by atoms with Crippen LogP contribution in [0.4, 0.5) is 0 Å². The van der Waals surface area contributed by atoms with Gasteiger partial charge in [-0.15, -0.1) is 0 Å². The van der Waals surface area contributed by atoms with Crippen LogP contribution in [0.25, 0.3) is 10.9 Å². The number of hydrogen-bond acceptors (Lipinski definition) is 4. The quantitative estimate of drug-likeness (QED) is 0.703. The van der Waals surface area contributed by atoms with Crippen LogP contribution in [0.5, 0.6) is 11.5 Å². The predicted molar refractivity (Wildman–Crippen MR) is 105 cm³/mol. The second-order valence-corrected chi connectivity index (χ2v) is 6.29. The number of carbonyl (C=O) groups excluding carboxylic acids is 1. The van der Waals surface area contributed by atoms with Crippen molar-refractivity contribution in [1.29, 1.82) is 0 Å². The maximum absolute atomic E-state index is 12.4. The summed E-state index contributed by atoms with van der Waals surface area (Å²) in [4.78, 5) is 27.6. The highest BCUT2D eigenvalue weighted by molar-refractivity contribution is 5.97. The summed E-state index contributed by atoms with van der Waals surface area (Å²) < 4.78 is 10.4. The monoisotopic (exact) mass is 366 g/mol. The summed E-state index contributed by atoms with van der Waals surface area (Å²) in [5.41, 5.74) is 2.82. The first-order valence-electron chi connectivity index (χ1n) is 8.64. The van der Waals surface area contributed by atoms with E-state index in [0.29, 0.717) is 35.6 Å². The Morgan fingerprint density at radius 2 is 1.89 bits per heavy atom. The summed E-state index contributed by atoms with van der Waals surface area (Å²) in [6.07, 6.45) is 0.434. The smallest absolute Gasteiger partial charge is 0.255 e. The third-order valence-corrected chi connectivity index (χ3v) is 4.41. The lowest BCUT2D eigenvalue weighted by Gasteiger charge is -2.11. The molecule has 1 aromatic heterocycles. The van der Waals surface area contributed by atoms with Crippen LogP contribution in [-0.4, -0.2) is 31.7 Å². The molecule has 2 aromatic carbocycles. The molecule has 0 bridgehead atoms. The first-order valence-corrected chi connectivity index (χ1v) is 8.64. The van der Waals surface area contributed by atoms with Crippen LogP contribution in [0.15, 0.2) is 47.3 Å². The Morgan fingerprint density at radius 3 is 2.63 bits per heavy atom. The first-order chi connectivity index (χ1) is 13.0. The lowest BCUT2D eigenvalue weighted by molar-refractivity contribution is 0.0951. The predicted octanol–water partition coefficient (Wildman–Crippen LogP) is 2.83. The Morgan fingerprint density at radius 1 is 1.07 bits per heavy atom. The molecule has 3 aromatic rings. The maximum atomic E-state index is 12.4. The molecule has 0 aliphatic carbocycles. The minimum Gasteiger partial charge on any atom is -0.497 e. The molecule has 1 heterocycles. The Hall–Kier alpha value is -3.28. The summed E-state index contributed by atoms with van der Waals surface area (Å²) in [5, 5.41) is 3.80. The molecule has 6 nitrogen and oxygen atoms in total. The van der Waals surface area contributed by atoms with Crippen molar-refractivity contribution >= 4 is 16.8 Å². The molecular formula is C21H22N2O4. The highest BCUT2D eigenvalue weighted by Crippen LogP contribution is 2.24. The molecule has 0 aliphatic rings. The van der Waals surface area contributed by atoms with Gasteiger partial charge in [-0.25, -0.2) is 0 Å². The van der Waals surface area contributed by atoms with Crippen LogP contribution >= 0.6 is 0 Å². The van der Waals surface area contributed by atoms with Crippen LogP contribution in [0, 0.1) is 6.92 Å². The Bertz CT molecular complexity index is 1040. The zero-order chi connectivity index (χ0) is 19.4. The largest absolute Gasteiger partial charge is 0.497 e. The number of aromatic nitrogens is 1. The highest BCUT2D eigenvalue weighted by Gasteiger charge is 2.13. The number of rotatable bonds is 6. The molecule has 1 amide bonds. The standard InChI is InChI=1S/C21H22N2O4/c1-13-4-5-14-11-15(20(24)23-18(14)10-13)8-9-22-21(25)17-7-6-16(26-2)12-19(17)27-3/h4-7,10-12H,8-9H2,1-3H3,(H,22,25)(H,23,24). The van der Waals surface area contributed by atoms with Gasteiger partial charge in [0.05, 0.1) is 19.8 Å². The minimum atomic E-state index is -0.262. The average molecular weight is 366 g/mol. The summed E-state index contributed by atoms with van der Waals surface area (Å²) in [6.45, 7) is 2.32. The minimum absolute atomic E-state index is 0.135. The summed E-state index contributed by atoms with van der Waals surface area (Å²) in [5.74, 6) is 0.787. The highest BCUT2D eigenvalue weighted by atomic mass is 16.5. The van der Waals surface area contributed by atoms with E-state index < -0.39 is 0 Å². The number of methoxy groups -OCH3 is 2. The first kappa shape index (κ1) is 18.5. The number of aryl methyl sites for hydroxylation is 1. The molecule has 0 fully saturated rings. The van der Waals surface area contributed by atoms with E-state index in [1.807, 2.05) is 31.2 Å². The third-order valence-electron chi connectivity index (χ3n) is 4.41. The molecule has 3 rings (SSSR count). The van der Waals surface area contributed by atoms with Crippen molar-refractivity contribution in [2.75, 3.05) is 20.8 Å². The number of pyridine rings is 1. The van der Waals surface area contributed by atoms with E-state index >= 15 is 0 Å². The normalized spacial score (nSPS) is 10.6. The van der Waals surface area contributed by atoms with E-state index in [0.717, 1.165) is 16.5 Å². The number of fused-ring (bicyclic) bond motifs is 1. The van der Waals surface area contributed by atoms with Crippen LogP contribution in [0.2, 0.25) is 0 Å². The van der Waals surface area contributed by atoms with Crippen molar-refractivity contribution in [3.05, 3.63) is 69.5 Å². The van der Waals surface area contributed by atoms with Crippen molar-refractivity contribution in [2.24, 2.45) is 0 Å². The molecule has 0 saturated carbocycles. The number of carbonyl (C=O) groups is 1. The van der Waals surface area contributed by atoms with E-state index in [1.54, 1.807) is 25.3 Å². The fraction of sp³-hybridized carbons (Fsp3) is 0.238. The molecule has 140 valence electrons. The third kappa shape index (κ3) is 4.11. The second kappa shape index (κ2) is 7.95. The molecule has 27 heavy (non-hydrogen) atoms. The molecule has 2 N–H and O–H groups in total. The molecule has 0 aliphatic heterocycles. The molecule has 0 atom stereocenters. The summed E-state index contributed by atoms with van der Waals surface area (Å²) >= 11 is 0. The van der Waals surface area contributed by atoms with Crippen molar-refractivity contribution in [2.45, 2.75) is 13.3 Å². The van der Waals surface area contributed by atoms with Crippen LogP contribution in [0.3, 0.4) is 0 Å². The van der Waals surface area contributed by atoms with Gasteiger partial charge in [0.15, 0.2) is 0 Å². The van der Waals surface area contributed by atoms with Crippen LogP contribution in [0.1, 0.15) is 21.5 Å². The van der Waals surface area contributed by atoms with E-state index in [2.05, 4.69) is 10.3 Å². The Balaban J connectivity index is 1.70. The van der Waals surface area contributed by atoms with Crippen LogP contribution in [-0.2, 0) is 6.42 Å². The van der Waals surface area contributed by atoms with E-state index in [4.69, 9.17) is 9.47 Å². The number of ether oxygens (including phenoxy) is 2. The topological polar surface area (TPSA) is 80.4 Å². The lowest BCUT2D eigenvalue weighted by atomic mass is 10.1. The molecule has 0 unspecified atom stereocenters. The molecule has 6 heteroatoms. The SMILES string of the molecule is COc1ccc(C(=O)NCCc2cc3ccc(C)cc3[nH]c2=O)c(OC)c1. The number of nitrogens with one attached hydrogen (secondary N) is 2. The summed E-state index contributed by atoms with van der Waals surface area (Å²) in [7, 11) is 3.05. The van der Waals surface area contributed by atoms with E-state index in [9.17, 15) is 9.59 Å². The van der Waals surface area contributed by atoms with Gasteiger partial charge < -0.3 is 19.8 Å². The van der Waals surface area contributed by atoms with Gasteiger partial charge in [-0.3, -0.25) is 9.59 Å². The number of H-pyrrole nitrogens is 1. The Kier molecular flexibility index (Phi) is 5.45. The van der Waals surface area contributed by atoms with Crippen molar-refractivity contribution in [1.82, 2.24) is 10.3 Å². The summed E-state index contributed by atoms with van der Waals surface area (Å²) in [6, 6.07) is 12.8. The van der Waals surface area contributed by atoms with E-state index in [-0.39, 0.29) is 11.5 Å². The van der Waals surface area contributed by atoms with Gasteiger partial charge in [0.25, 0.3) is 11.5 Å². The fourth-order valence-corrected chi connectivity index (χ4v) is 2.94. The van der Waals surface area contributed by atoms with Crippen molar-refractivity contribution in [3.8, 4) is 11.5 Å². The number of amides is 1. The van der Waals surface area contributed by atoms with Gasteiger partial charge >= 0.3 is 0 Å². The number of hydrogen-bond donors (Lipinski definition) is 2. The number of benzene rings is 2. The van der Waals surface area contributed by atoms with Gasteiger partial charge in [0.2, 0.25) is 0 Å². The van der Waals surface area contributed by atoms with Crippen molar-refractivity contribution in [3.63, 3.8) is 0 Å². The zero-order valence-corrected chi connectivity index (χ0v) is 15.6. The molecule has 0 spiro atoms. The molecule has 0 radical (unpaired) electrons. The lowest BCUT2D eigenvalue weighted by Crippen LogP contribution is -2.27. The fourth-order valence-electron chi connectivity index (χ4n) is 2.94. The average Bonchev–Trinajstić information content (AvgIpc) is 2.67. The van der Waals surface area contributed by atoms with Gasteiger partial charge in [-0.05, 0) is 48.6 Å². The molecular weight excluding hydrogens is 344 g/mol. The van der Waals surface area contributed by atoms with Gasteiger partial charge in [-0.2, -0.15) is 0 Å². The number of aromatic amines is 1. The van der Waals surface area contributed by atoms with E-state index in [1.165, 1.54) is 7.11 Å². The maximum Gasteiger partial charge on any atom is 0.255 e. The van der Waals surface area contributed by atoms with Gasteiger partial charge in [-0.1, -0.05) is 12.1 Å². The zero-order valence-electron chi connectivity index (χ0n) is 15.6. The molecule has 0 saturated heterocycles. The Labute approximate surface area is 157 Å². The van der Waals surface area contributed by atoms with Crippen molar-refractivity contribution < 1.29 is 14.3 Å². The van der Waals surface area contributed by atoms with Gasteiger partial charge in [0.1, 0.15) is 11.5 Å². The van der Waals surface area contributed by atoms with Crippen LogP contribution < -0.4 is 20.3 Å².